The summed E-state index contributed by atoms with van der Waals surface area (Å²) in [6, 6.07) is 7.53. The van der Waals surface area contributed by atoms with Gasteiger partial charge in [-0.3, -0.25) is 4.79 Å². The number of benzene rings is 1. The molecule has 1 saturated heterocycles. The van der Waals surface area contributed by atoms with E-state index < -0.39 is 0 Å². The van der Waals surface area contributed by atoms with Gasteiger partial charge in [-0.2, -0.15) is 0 Å². The molecule has 2 rings (SSSR count). The van der Waals surface area contributed by atoms with Crippen molar-refractivity contribution in [3.63, 3.8) is 0 Å². The second-order valence-electron chi connectivity index (χ2n) is 4.04. The van der Waals surface area contributed by atoms with Crippen LogP contribution < -0.4 is 5.32 Å². The van der Waals surface area contributed by atoms with Gasteiger partial charge in [0.15, 0.2) is 0 Å². The highest BCUT2D eigenvalue weighted by Crippen LogP contribution is 2.16. The fourth-order valence-corrected chi connectivity index (χ4v) is 2.17. The Hall–Kier alpha value is -1.06. The first-order valence-corrected chi connectivity index (χ1v) is 5.80. The number of carbonyl (C=O) groups excluding carboxylic acids is 1. The zero-order valence-corrected chi connectivity index (χ0v) is 10.00. The second-order valence-corrected chi connectivity index (χ2v) is 4.47. The summed E-state index contributed by atoms with van der Waals surface area (Å²) in [6.45, 7) is 1.60. The third kappa shape index (κ3) is 2.36. The number of hydrogen-bond donors (Lipinski definition) is 1. The number of amides is 1. The maximum atomic E-state index is 12.1. The highest BCUT2D eigenvalue weighted by molar-refractivity contribution is 6.30. The number of likely N-dealkylation sites (tertiary alicyclic amines) is 1. The van der Waals surface area contributed by atoms with E-state index in [2.05, 4.69) is 5.32 Å². The Bertz CT molecular complexity index is 394. The predicted octanol–water partition coefficient (Wildman–Crippen LogP) is 1.77. The third-order valence-electron chi connectivity index (χ3n) is 2.96. The van der Waals surface area contributed by atoms with Crippen molar-refractivity contribution in [2.45, 2.75) is 12.5 Å². The van der Waals surface area contributed by atoms with Gasteiger partial charge in [-0.25, -0.2) is 0 Å². The van der Waals surface area contributed by atoms with Crippen molar-refractivity contribution in [1.82, 2.24) is 10.2 Å². The molecule has 16 heavy (non-hydrogen) atoms. The van der Waals surface area contributed by atoms with Crippen LogP contribution in [0.25, 0.3) is 0 Å². The monoisotopic (exact) mass is 238 g/mol. The molecule has 3 nitrogen and oxygen atoms in total. The predicted molar refractivity (Wildman–Crippen MR) is 64.8 cm³/mol. The molecule has 1 aliphatic rings. The zero-order chi connectivity index (χ0) is 11.5. The first kappa shape index (κ1) is 11.4. The molecule has 86 valence electrons. The molecule has 1 aliphatic heterocycles. The number of nitrogens with one attached hydrogen (secondary N) is 1. The lowest BCUT2D eigenvalue weighted by Gasteiger charge is -2.16. The fraction of sp³-hybridized carbons (Fsp3) is 0.417. The maximum absolute atomic E-state index is 12.1. The largest absolute Gasteiger partial charge is 0.337 e. The van der Waals surface area contributed by atoms with E-state index in [1.165, 1.54) is 0 Å². The van der Waals surface area contributed by atoms with Gasteiger partial charge in [-0.05, 0) is 31.7 Å². The average Bonchev–Trinajstić information content (AvgIpc) is 2.76. The molecular weight excluding hydrogens is 224 g/mol. The molecule has 1 fully saturated rings. The highest BCUT2D eigenvalue weighted by atomic mass is 35.5. The lowest BCUT2D eigenvalue weighted by Crippen LogP contribution is -2.33. The Labute approximate surface area is 100 Å². The second kappa shape index (κ2) is 4.85. The van der Waals surface area contributed by atoms with Gasteiger partial charge in [0.1, 0.15) is 0 Å². The Morgan fingerprint density at radius 1 is 1.56 bits per heavy atom. The summed E-state index contributed by atoms with van der Waals surface area (Å²) in [4.78, 5) is 14.0. The molecule has 0 aromatic heterocycles. The molecule has 1 unspecified atom stereocenters. The van der Waals surface area contributed by atoms with Crippen LogP contribution in [0.15, 0.2) is 24.3 Å². The molecule has 0 radical (unpaired) electrons. The normalized spacial score (nSPS) is 20.1. The van der Waals surface area contributed by atoms with E-state index in [4.69, 9.17) is 11.6 Å². The number of nitrogens with zero attached hydrogens (tertiary/aromatic N) is 1. The number of rotatable bonds is 2. The molecule has 0 bridgehead atoms. The zero-order valence-electron chi connectivity index (χ0n) is 9.24. The van der Waals surface area contributed by atoms with Crippen molar-refractivity contribution in [2.75, 3.05) is 20.1 Å². The van der Waals surface area contributed by atoms with Gasteiger partial charge in [0.05, 0.1) is 0 Å². The summed E-state index contributed by atoms with van der Waals surface area (Å²) in [5.74, 6) is 0.0697. The van der Waals surface area contributed by atoms with Crippen LogP contribution >= 0.6 is 11.6 Å². The average molecular weight is 239 g/mol. The van der Waals surface area contributed by atoms with Crippen LogP contribution in [-0.4, -0.2) is 37.0 Å². The number of carbonyl (C=O) groups is 1. The molecule has 1 heterocycles. The summed E-state index contributed by atoms with van der Waals surface area (Å²) in [6.07, 6.45) is 1.02. The van der Waals surface area contributed by atoms with Gasteiger partial charge in [0.2, 0.25) is 0 Å². The summed E-state index contributed by atoms with van der Waals surface area (Å²) in [5, 5.41) is 3.80. The van der Waals surface area contributed by atoms with Crippen molar-refractivity contribution in [3.8, 4) is 0 Å². The smallest absolute Gasteiger partial charge is 0.253 e. The van der Waals surface area contributed by atoms with E-state index in [0.29, 0.717) is 16.6 Å². The first-order valence-electron chi connectivity index (χ1n) is 5.43. The molecule has 0 saturated carbocycles. The minimum atomic E-state index is 0.0697. The van der Waals surface area contributed by atoms with Gasteiger partial charge in [0.25, 0.3) is 5.91 Å². The van der Waals surface area contributed by atoms with Crippen LogP contribution in [0.2, 0.25) is 5.02 Å². The van der Waals surface area contributed by atoms with E-state index in [1.807, 2.05) is 11.9 Å². The topological polar surface area (TPSA) is 32.3 Å². The van der Waals surface area contributed by atoms with Gasteiger partial charge in [-0.15, -0.1) is 0 Å². The molecular formula is C12H15ClN2O. The quantitative estimate of drug-likeness (QED) is 0.852. The van der Waals surface area contributed by atoms with Crippen molar-refractivity contribution in [3.05, 3.63) is 34.9 Å². The van der Waals surface area contributed by atoms with Crippen molar-refractivity contribution in [2.24, 2.45) is 0 Å². The van der Waals surface area contributed by atoms with Crippen LogP contribution in [0.4, 0.5) is 0 Å². The van der Waals surface area contributed by atoms with E-state index in [9.17, 15) is 4.79 Å². The van der Waals surface area contributed by atoms with Gasteiger partial charge in [-0.1, -0.05) is 17.7 Å². The molecule has 1 aromatic rings. The minimum absolute atomic E-state index is 0.0697. The molecule has 1 atom stereocenters. The fourth-order valence-electron chi connectivity index (χ4n) is 1.98. The summed E-state index contributed by atoms with van der Waals surface area (Å²) in [7, 11) is 1.93. The van der Waals surface area contributed by atoms with Crippen molar-refractivity contribution < 1.29 is 4.79 Å². The highest BCUT2D eigenvalue weighted by Gasteiger charge is 2.25. The first-order chi connectivity index (χ1) is 7.70. The van der Waals surface area contributed by atoms with Crippen molar-refractivity contribution in [1.29, 1.82) is 0 Å². The van der Waals surface area contributed by atoms with Crippen LogP contribution in [-0.2, 0) is 0 Å². The van der Waals surface area contributed by atoms with E-state index in [0.717, 1.165) is 19.5 Å². The number of halogens is 1. The Balaban J connectivity index is 2.08. The van der Waals surface area contributed by atoms with Crippen molar-refractivity contribution >= 4 is 17.5 Å². The van der Waals surface area contributed by atoms with Gasteiger partial charge >= 0.3 is 0 Å². The lowest BCUT2D eigenvalue weighted by molar-refractivity contribution is 0.0789. The van der Waals surface area contributed by atoms with Crippen LogP contribution in [0, 0.1) is 0 Å². The SMILES string of the molecule is CNC1CCN(C(=O)c2cccc(Cl)c2)C1. The molecule has 0 aliphatic carbocycles. The Kier molecular flexibility index (Phi) is 3.46. The van der Waals surface area contributed by atoms with E-state index in [1.54, 1.807) is 24.3 Å². The number of likely N-dealkylation sites (N-methyl/N-ethyl adjacent to an activating group) is 1. The van der Waals surface area contributed by atoms with Gasteiger partial charge in [0, 0.05) is 29.7 Å². The standard InChI is InChI=1S/C12H15ClN2O/c1-14-11-5-6-15(8-11)12(16)9-3-2-4-10(13)7-9/h2-4,7,11,14H,5-6,8H2,1H3. The maximum Gasteiger partial charge on any atom is 0.253 e. The van der Waals surface area contributed by atoms with Gasteiger partial charge < -0.3 is 10.2 Å². The molecule has 1 N–H and O–H groups in total. The Morgan fingerprint density at radius 2 is 2.38 bits per heavy atom. The van der Waals surface area contributed by atoms with Crippen LogP contribution in [0.5, 0.6) is 0 Å². The molecule has 1 aromatic carbocycles. The lowest BCUT2D eigenvalue weighted by atomic mass is 10.2. The van der Waals surface area contributed by atoms with Crippen LogP contribution in [0.1, 0.15) is 16.8 Å². The molecule has 0 spiro atoms. The summed E-state index contributed by atoms with van der Waals surface area (Å²) < 4.78 is 0. The molecule has 4 heteroatoms. The Morgan fingerprint density at radius 3 is 3.00 bits per heavy atom. The summed E-state index contributed by atoms with van der Waals surface area (Å²) >= 11 is 5.87. The minimum Gasteiger partial charge on any atom is -0.337 e. The molecule has 1 amide bonds. The summed E-state index contributed by atoms with van der Waals surface area (Å²) in [5.41, 5.74) is 0.671. The van der Waals surface area contributed by atoms with E-state index in [-0.39, 0.29) is 5.91 Å². The number of hydrogen-bond acceptors (Lipinski definition) is 2. The van der Waals surface area contributed by atoms with Crippen LogP contribution in [0.3, 0.4) is 0 Å². The van der Waals surface area contributed by atoms with E-state index >= 15 is 0 Å². The third-order valence-corrected chi connectivity index (χ3v) is 3.19.